The summed E-state index contributed by atoms with van der Waals surface area (Å²) in [5.74, 6) is 3.75. The minimum atomic E-state index is 0.643. The summed E-state index contributed by atoms with van der Waals surface area (Å²) in [6.07, 6.45) is 5.43. The van der Waals surface area contributed by atoms with E-state index in [1.54, 1.807) is 7.11 Å². The zero-order valence-corrected chi connectivity index (χ0v) is 16.0. The second-order valence-corrected chi connectivity index (χ2v) is 6.25. The minimum Gasteiger partial charge on any atom is -0.497 e. The molecule has 0 saturated heterocycles. The van der Waals surface area contributed by atoms with Gasteiger partial charge < -0.3 is 20.1 Å². The quantitative estimate of drug-likeness (QED) is 0.343. The summed E-state index contributed by atoms with van der Waals surface area (Å²) < 4.78 is 10.9. The van der Waals surface area contributed by atoms with Gasteiger partial charge in [-0.2, -0.15) is 11.8 Å². The lowest BCUT2D eigenvalue weighted by molar-refractivity contribution is 0.311. The van der Waals surface area contributed by atoms with Crippen LogP contribution in [0, 0.1) is 0 Å². The number of thioether (sulfide) groups is 1. The zero-order chi connectivity index (χ0) is 17.5. The monoisotopic (exact) mass is 353 g/mol. The van der Waals surface area contributed by atoms with Crippen LogP contribution in [0.3, 0.4) is 0 Å². The fraction of sp³-hybridized carbons (Fsp3) is 0.611. The summed E-state index contributed by atoms with van der Waals surface area (Å²) in [6, 6.07) is 7.66. The van der Waals surface area contributed by atoms with Gasteiger partial charge in [-0.1, -0.05) is 6.07 Å². The Hall–Kier alpha value is -1.56. The van der Waals surface area contributed by atoms with Gasteiger partial charge in [0.15, 0.2) is 5.96 Å². The summed E-state index contributed by atoms with van der Waals surface area (Å²) >= 11 is 1.90. The van der Waals surface area contributed by atoms with E-state index in [1.807, 2.05) is 36.0 Å². The maximum Gasteiger partial charge on any atom is 0.191 e. The molecule has 0 radical (unpaired) electrons. The highest BCUT2D eigenvalue weighted by Gasteiger charge is 1.98. The third-order valence-corrected chi connectivity index (χ3v) is 3.99. The van der Waals surface area contributed by atoms with E-state index in [0.717, 1.165) is 43.5 Å². The van der Waals surface area contributed by atoms with Crippen molar-refractivity contribution in [3.8, 4) is 11.5 Å². The van der Waals surface area contributed by atoms with Gasteiger partial charge in [0.2, 0.25) is 0 Å². The van der Waals surface area contributed by atoms with Crippen LogP contribution in [-0.4, -0.2) is 51.3 Å². The van der Waals surface area contributed by atoms with Crippen LogP contribution in [0.2, 0.25) is 0 Å². The molecule has 1 aromatic carbocycles. The first-order chi connectivity index (χ1) is 11.8. The van der Waals surface area contributed by atoms with E-state index in [9.17, 15) is 0 Å². The van der Waals surface area contributed by atoms with Crippen molar-refractivity contribution in [3.05, 3.63) is 24.3 Å². The molecule has 0 heterocycles. The van der Waals surface area contributed by atoms with Gasteiger partial charge in [-0.15, -0.1) is 0 Å². The molecular formula is C18H31N3O2S. The van der Waals surface area contributed by atoms with Crippen molar-refractivity contribution in [1.29, 1.82) is 0 Å². The largest absolute Gasteiger partial charge is 0.497 e. The Morgan fingerprint density at radius 3 is 2.75 bits per heavy atom. The van der Waals surface area contributed by atoms with E-state index in [4.69, 9.17) is 9.47 Å². The number of hydrogen-bond donors (Lipinski definition) is 2. The SMILES string of the molecule is CCNC(=NCCCOc1cccc(OC)c1)NCCCCSC. The Bertz CT molecular complexity index is 469. The van der Waals surface area contributed by atoms with Gasteiger partial charge >= 0.3 is 0 Å². The van der Waals surface area contributed by atoms with Crippen LogP contribution in [0.5, 0.6) is 11.5 Å². The van der Waals surface area contributed by atoms with Crippen molar-refractivity contribution in [2.24, 2.45) is 4.99 Å². The number of rotatable bonds is 12. The molecule has 24 heavy (non-hydrogen) atoms. The lowest BCUT2D eigenvalue weighted by Gasteiger charge is -2.11. The fourth-order valence-electron chi connectivity index (χ4n) is 2.06. The number of guanidine groups is 1. The van der Waals surface area contributed by atoms with Gasteiger partial charge in [-0.05, 0) is 43.9 Å². The average molecular weight is 354 g/mol. The number of benzene rings is 1. The highest BCUT2D eigenvalue weighted by molar-refractivity contribution is 7.98. The van der Waals surface area contributed by atoms with Crippen LogP contribution in [0.1, 0.15) is 26.2 Å². The third kappa shape index (κ3) is 9.55. The first-order valence-corrected chi connectivity index (χ1v) is 9.97. The maximum absolute atomic E-state index is 5.72. The normalized spacial score (nSPS) is 11.2. The molecule has 1 rings (SSSR count). The molecule has 0 fully saturated rings. The van der Waals surface area contributed by atoms with Gasteiger partial charge in [0.05, 0.1) is 13.7 Å². The predicted molar refractivity (Wildman–Crippen MR) is 105 cm³/mol. The van der Waals surface area contributed by atoms with Crippen molar-refractivity contribution in [3.63, 3.8) is 0 Å². The van der Waals surface area contributed by atoms with Crippen molar-refractivity contribution in [1.82, 2.24) is 10.6 Å². The van der Waals surface area contributed by atoms with Crippen LogP contribution >= 0.6 is 11.8 Å². The number of nitrogens with one attached hydrogen (secondary N) is 2. The van der Waals surface area contributed by atoms with Crippen molar-refractivity contribution in [2.45, 2.75) is 26.2 Å². The van der Waals surface area contributed by atoms with E-state index in [-0.39, 0.29) is 0 Å². The van der Waals surface area contributed by atoms with Crippen molar-refractivity contribution >= 4 is 17.7 Å². The smallest absolute Gasteiger partial charge is 0.191 e. The summed E-state index contributed by atoms with van der Waals surface area (Å²) in [5.41, 5.74) is 0. The van der Waals surface area contributed by atoms with Crippen LogP contribution in [0.25, 0.3) is 0 Å². The fourth-order valence-corrected chi connectivity index (χ4v) is 2.55. The molecular weight excluding hydrogens is 322 g/mol. The molecule has 0 saturated carbocycles. The standard InChI is InChI=1S/C18H31N3O2S/c1-4-19-18(20-11-5-6-14-24-3)21-12-8-13-23-17-10-7-9-16(15-17)22-2/h7,9-10,15H,4-6,8,11-14H2,1-3H3,(H2,19,20,21). The second-order valence-electron chi connectivity index (χ2n) is 5.27. The molecule has 5 nitrogen and oxygen atoms in total. The first-order valence-electron chi connectivity index (χ1n) is 8.58. The number of nitrogens with zero attached hydrogens (tertiary/aromatic N) is 1. The number of ether oxygens (including phenoxy) is 2. The summed E-state index contributed by atoms with van der Waals surface area (Å²) in [6.45, 7) is 5.30. The Balaban J connectivity index is 2.23. The van der Waals surface area contributed by atoms with E-state index in [2.05, 4.69) is 28.8 Å². The van der Waals surface area contributed by atoms with Gasteiger partial charge in [-0.3, -0.25) is 4.99 Å². The molecule has 0 unspecified atom stereocenters. The summed E-state index contributed by atoms with van der Waals surface area (Å²) in [4.78, 5) is 4.58. The molecule has 0 aromatic heterocycles. The predicted octanol–water partition coefficient (Wildman–Crippen LogP) is 3.16. The number of aliphatic imine (C=N–C) groups is 1. The highest BCUT2D eigenvalue weighted by Crippen LogP contribution is 2.18. The van der Waals surface area contributed by atoms with E-state index >= 15 is 0 Å². The lowest BCUT2D eigenvalue weighted by atomic mass is 10.3. The van der Waals surface area contributed by atoms with Gasteiger partial charge in [0.1, 0.15) is 11.5 Å². The van der Waals surface area contributed by atoms with Crippen LogP contribution < -0.4 is 20.1 Å². The van der Waals surface area contributed by atoms with E-state index in [0.29, 0.717) is 6.61 Å². The molecule has 0 amide bonds. The van der Waals surface area contributed by atoms with Crippen molar-refractivity contribution < 1.29 is 9.47 Å². The zero-order valence-electron chi connectivity index (χ0n) is 15.1. The molecule has 0 spiro atoms. The summed E-state index contributed by atoms with van der Waals surface area (Å²) in [5, 5.41) is 6.65. The van der Waals surface area contributed by atoms with Gasteiger partial charge in [-0.25, -0.2) is 0 Å². The topological polar surface area (TPSA) is 54.9 Å². The molecule has 1 aromatic rings. The lowest BCUT2D eigenvalue weighted by Crippen LogP contribution is -2.38. The Morgan fingerprint density at radius 2 is 2.00 bits per heavy atom. The molecule has 6 heteroatoms. The highest BCUT2D eigenvalue weighted by atomic mass is 32.2. The van der Waals surface area contributed by atoms with Crippen molar-refractivity contribution in [2.75, 3.05) is 45.4 Å². The Labute approximate surface area is 150 Å². The summed E-state index contributed by atoms with van der Waals surface area (Å²) in [7, 11) is 1.66. The second kappa shape index (κ2) is 13.8. The van der Waals surface area contributed by atoms with Crippen LogP contribution in [-0.2, 0) is 0 Å². The first kappa shape index (κ1) is 20.5. The number of methoxy groups -OCH3 is 1. The Kier molecular flexibility index (Phi) is 11.8. The maximum atomic E-state index is 5.72. The van der Waals surface area contributed by atoms with Gasteiger partial charge in [0.25, 0.3) is 0 Å². The molecule has 2 N–H and O–H groups in total. The van der Waals surface area contributed by atoms with Gasteiger partial charge in [0, 0.05) is 32.1 Å². The number of hydrogen-bond acceptors (Lipinski definition) is 4. The van der Waals surface area contributed by atoms with Crippen LogP contribution in [0.4, 0.5) is 0 Å². The average Bonchev–Trinajstić information content (AvgIpc) is 2.61. The molecule has 0 aliphatic heterocycles. The third-order valence-electron chi connectivity index (χ3n) is 3.29. The van der Waals surface area contributed by atoms with E-state index < -0.39 is 0 Å². The molecule has 0 bridgehead atoms. The Morgan fingerprint density at radius 1 is 1.17 bits per heavy atom. The molecule has 0 atom stereocenters. The molecule has 136 valence electrons. The minimum absolute atomic E-state index is 0.643. The molecule has 0 aliphatic carbocycles. The number of unbranched alkanes of at least 4 members (excludes halogenated alkanes) is 1. The van der Waals surface area contributed by atoms with E-state index in [1.165, 1.54) is 18.6 Å². The molecule has 0 aliphatic rings. The van der Waals surface area contributed by atoms with Crippen LogP contribution in [0.15, 0.2) is 29.3 Å².